The fourth-order valence-electron chi connectivity index (χ4n) is 10.5. The molecular weight excluding hydrogens is 973 g/mol. The fourth-order valence-corrected chi connectivity index (χ4v) is 10.5. The first kappa shape index (κ1) is 60.8. The number of cyclic esters (lactones) is 4. The van der Waals surface area contributed by atoms with E-state index in [-0.39, 0.29) is 62.2 Å². The molecule has 18 nitrogen and oxygen atoms in total. The van der Waals surface area contributed by atoms with Gasteiger partial charge in [0.15, 0.2) is 24.4 Å². The minimum absolute atomic E-state index is 0.0831. The third kappa shape index (κ3) is 15.3. The van der Waals surface area contributed by atoms with E-state index in [2.05, 4.69) is 16.8 Å². The van der Waals surface area contributed by atoms with Gasteiger partial charge >= 0.3 is 23.9 Å². The van der Waals surface area contributed by atoms with Crippen molar-refractivity contribution in [1.29, 1.82) is 0 Å². The number of benzene rings is 2. The Morgan fingerprint density at radius 2 is 0.789 bits per heavy atom. The van der Waals surface area contributed by atoms with Crippen molar-refractivity contribution in [3.63, 3.8) is 0 Å². The van der Waals surface area contributed by atoms with Gasteiger partial charge in [0.05, 0.1) is 0 Å². The summed E-state index contributed by atoms with van der Waals surface area (Å²) in [6.45, 7) is 19.2. The van der Waals surface area contributed by atoms with Gasteiger partial charge in [0, 0.05) is 71.9 Å². The number of piperazine rings is 1. The minimum Gasteiger partial charge on any atom is -0.451 e. The van der Waals surface area contributed by atoms with E-state index in [9.17, 15) is 33.6 Å². The van der Waals surface area contributed by atoms with Crippen LogP contribution < -0.4 is 4.90 Å². The molecule has 4 aliphatic heterocycles. The largest absolute Gasteiger partial charge is 0.451 e. The Hall–Kier alpha value is -6.04. The van der Waals surface area contributed by atoms with Crippen LogP contribution >= 0.6 is 0 Å². The molecule has 0 saturated carbocycles. The lowest BCUT2D eigenvalue weighted by molar-refractivity contribution is -0.176. The van der Waals surface area contributed by atoms with E-state index in [0.29, 0.717) is 17.6 Å². The zero-order chi connectivity index (χ0) is 56.5. The number of hydrogen-bond donors (Lipinski definition) is 0. The van der Waals surface area contributed by atoms with Crippen molar-refractivity contribution in [3.05, 3.63) is 65.7 Å². The van der Waals surface area contributed by atoms with Gasteiger partial charge in [-0.3, -0.25) is 24.1 Å². The first-order valence-electron chi connectivity index (χ1n) is 27.2. The number of anilines is 1. The molecule has 2 aromatic carbocycles. The molecule has 76 heavy (non-hydrogen) atoms. The molecule has 4 amide bonds. The molecule has 2 bridgehead atoms. The van der Waals surface area contributed by atoms with Gasteiger partial charge in [-0.1, -0.05) is 104 Å². The summed E-state index contributed by atoms with van der Waals surface area (Å²) in [4.78, 5) is 126. The maximum atomic E-state index is 15.2. The second-order valence-electron chi connectivity index (χ2n) is 23.0. The first-order chi connectivity index (χ1) is 35.7. The molecule has 6 rings (SSSR count). The Bertz CT molecular complexity index is 2330. The van der Waals surface area contributed by atoms with Crippen LogP contribution in [0.1, 0.15) is 112 Å². The van der Waals surface area contributed by atoms with Crippen LogP contribution in [0.15, 0.2) is 54.6 Å². The van der Waals surface area contributed by atoms with Crippen molar-refractivity contribution in [3.8, 4) is 0 Å². The highest BCUT2D eigenvalue weighted by molar-refractivity contribution is 5.94. The number of likely N-dealkylation sites (N-methyl/N-ethyl adjacent to an activating group) is 5. The van der Waals surface area contributed by atoms with Crippen LogP contribution in [0.25, 0.3) is 0 Å². The number of nitrogens with zero attached hydrogens (tertiary/aromatic N) is 6. The van der Waals surface area contributed by atoms with Crippen molar-refractivity contribution in [1.82, 2.24) is 24.5 Å². The average molecular weight is 1060 g/mol. The molecule has 4 aliphatic rings. The number of ether oxygens (including phenoxy) is 4. The lowest BCUT2D eigenvalue weighted by Gasteiger charge is -2.55. The molecule has 18 heteroatoms. The number of carbonyl (C=O) groups excluding carboxylic acids is 8. The highest BCUT2D eigenvalue weighted by atomic mass is 16.6. The van der Waals surface area contributed by atoms with Crippen molar-refractivity contribution in [2.24, 2.45) is 23.7 Å². The van der Waals surface area contributed by atoms with Gasteiger partial charge < -0.3 is 43.4 Å². The van der Waals surface area contributed by atoms with Crippen LogP contribution in [0.3, 0.4) is 0 Å². The van der Waals surface area contributed by atoms with E-state index in [1.165, 1.54) is 51.8 Å². The van der Waals surface area contributed by atoms with Crippen LogP contribution in [0, 0.1) is 23.7 Å². The van der Waals surface area contributed by atoms with E-state index in [1.54, 1.807) is 30.3 Å². The van der Waals surface area contributed by atoms with E-state index in [4.69, 9.17) is 18.9 Å². The summed E-state index contributed by atoms with van der Waals surface area (Å²) in [5.41, 5.74) is 2.26. The number of carbonyl (C=O) groups is 8. The predicted molar refractivity (Wildman–Crippen MR) is 287 cm³/mol. The van der Waals surface area contributed by atoms with Crippen LogP contribution in [0.2, 0.25) is 0 Å². The number of amides is 4. The van der Waals surface area contributed by atoms with E-state index < -0.39 is 96.1 Å². The van der Waals surface area contributed by atoms with Gasteiger partial charge in [-0.2, -0.15) is 0 Å². The Morgan fingerprint density at radius 3 is 1.17 bits per heavy atom. The highest BCUT2D eigenvalue weighted by Gasteiger charge is 2.45. The normalized spacial score (nSPS) is 27.7. The Labute approximate surface area is 451 Å². The van der Waals surface area contributed by atoms with Gasteiger partial charge in [-0.15, -0.1) is 0 Å². The molecule has 4 fully saturated rings. The number of piperidine rings is 1. The molecule has 0 N–H and O–H groups in total. The Morgan fingerprint density at radius 1 is 0.447 bits per heavy atom. The van der Waals surface area contributed by atoms with Gasteiger partial charge in [0.2, 0.25) is 0 Å². The van der Waals surface area contributed by atoms with Crippen LogP contribution in [-0.4, -0.2) is 181 Å². The van der Waals surface area contributed by atoms with Crippen molar-refractivity contribution in [2.45, 2.75) is 175 Å². The number of para-hydroxylation sites is 1. The van der Waals surface area contributed by atoms with Crippen molar-refractivity contribution >= 4 is 53.2 Å². The summed E-state index contributed by atoms with van der Waals surface area (Å²) in [5.74, 6) is -7.12. The molecule has 4 heterocycles. The predicted octanol–water partition coefficient (Wildman–Crippen LogP) is 5.56. The van der Waals surface area contributed by atoms with Crippen molar-refractivity contribution in [2.75, 3.05) is 53.2 Å². The van der Waals surface area contributed by atoms with Crippen LogP contribution in [0.4, 0.5) is 5.69 Å². The topological polar surface area (TPSA) is 193 Å². The standard InChI is InChI=1S/C58H86N6O12/c1-34(2)25-45-55(69)73-39(10)52(66)61(13)48(28-37(7)8)58(72)76-50(30-41-23-19-20-24-44(41)64-32-42-31-43(33-64)59(42)11)54(68)63(15)46(26-35(3)4)56(70)74-38(9)51(65)60(12)47(27-36(5)6)57(71)75-49(53(67)62(45)14)29-40-21-17-16-18-22-40/h16-24,34-39,42-43,45-50H,25-33H2,1-15H3/t38-,39-,42?,43?,45+,46+,47+,48+,49-,50-/m1/s1. The Kier molecular flexibility index (Phi) is 21.5. The number of fused-ring (bicyclic) bond motifs is 2. The molecule has 10 atom stereocenters. The summed E-state index contributed by atoms with van der Waals surface area (Å²) in [6.07, 6.45) is -4.55. The van der Waals surface area contributed by atoms with Gasteiger partial charge in [0.25, 0.3) is 23.6 Å². The van der Waals surface area contributed by atoms with E-state index in [0.717, 1.165) is 40.6 Å². The number of rotatable bonds is 13. The molecule has 420 valence electrons. The van der Waals surface area contributed by atoms with Gasteiger partial charge in [-0.05, 0) is 93.9 Å². The maximum Gasteiger partial charge on any atom is 0.329 e. The van der Waals surface area contributed by atoms with Gasteiger partial charge in [-0.25, -0.2) is 19.2 Å². The Balaban J connectivity index is 1.61. The summed E-state index contributed by atoms with van der Waals surface area (Å²) in [7, 11) is 7.77. The van der Waals surface area contributed by atoms with Crippen LogP contribution in [-0.2, 0) is 70.1 Å². The smallest absolute Gasteiger partial charge is 0.329 e. The molecule has 0 aromatic heterocycles. The number of hydrogen-bond acceptors (Lipinski definition) is 14. The summed E-state index contributed by atoms with van der Waals surface area (Å²) < 4.78 is 24.3. The third-order valence-electron chi connectivity index (χ3n) is 15.0. The third-order valence-corrected chi connectivity index (χ3v) is 15.0. The van der Waals surface area contributed by atoms with Crippen molar-refractivity contribution < 1.29 is 57.3 Å². The zero-order valence-corrected chi connectivity index (χ0v) is 47.7. The molecule has 0 radical (unpaired) electrons. The lowest BCUT2D eigenvalue weighted by atomic mass is 9.87. The average Bonchev–Trinajstić information content (AvgIpc) is 3.37. The molecule has 2 aromatic rings. The minimum atomic E-state index is -1.51. The first-order valence-corrected chi connectivity index (χ1v) is 27.2. The summed E-state index contributed by atoms with van der Waals surface area (Å²) in [5, 5.41) is 0. The fraction of sp³-hybridized carbons (Fsp3) is 0.655. The summed E-state index contributed by atoms with van der Waals surface area (Å²) >= 11 is 0. The van der Waals surface area contributed by atoms with E-state index in [1.807, 2.05) is 79.7 Å². The SMILES string of the molecule is CC(C)C[C@H]1C(=O)O[C@H](Cc2ccccc2N2CC3CC(C2)N3C)C(=O)N(C)[C@@H](CC(C)C)C(=O)O[C@H](C)C(=O)N(C)[C@@H](CC(C)C)C(=O)O[C@H](Cc2ccccc2)C(=O)N(C)[C@@H](CC(C)C)C(=O)O[C@H](C)C(=O)N1C. The molecule has 4 saturated heterocycles. The lowest BCUT2D eigenvalue weighted by Crippen LogP contribution is -2.67. The number of esters is 4. The summed E-state index contributed by atoms with van der Waals surface area (Å²) in [6, 6.07) is 12.2. The zero-order valence-electron chi connectivity index (χ0n) is 47.7. The molecule has 0 spiro atoms. The highest BCUT2D eigenvalue weighted by Crippen LogP contribution is 2.35. The molecule has 0 aliphatic carbocycles. The quantitative estimate of drug-likeness (QED) is 0.179. The van der Waals surface area contributed by atoms with E-state index >= 15 is 4.79 Å². The monoisotopic (exact) mass is 1060 g/mol. The van der Waals surface area contributed by atoms with Crippen LogP contribution in [0.5, 0.6) is 0 Å². The van der Waals surface area contributed by atoms with Gasteiger partial charge in [0.1, 0.15) is 24.2 Å². The molecule has 2 unspecified atom stereocenters. The molecular formula is C58H86N6O12. The second kappa shape index (κ2) is 26.8. The maximum absolute atomic E-state index is 15.2. The second-order valence-corrected chi connectivity index (χ2v) is 23.0.